The largest absolute Gasteiger partial charge is 0.545 e. The van der Waals surface area contributed by atoms with E-state index in [1.807, 2.05) is 12.1 Å². The monoisotopic (exact) mass is 361 g/mol. The van der Waals surface area contributed by atoms with Crippen LogP contribution in [0.25, 0.3) is 0 Å². The van der Waals surface area contributed by atoms with Crippen LogP contribution in [0.3, 0.4) is 0 Å². The standard InChI is InChI=1S/C23H39NO2/c1-4-7-17-24(18-8-5-2,19-9-6-3)20-11-10-12-21-13-15-22(16-14-21)23(25)26/h13-16H,4-12,17-20H2,1-3H3. The van der Waals surface area contributed by atoms with Gasteiger partial charge in [0.2, 0.25) is 0 Å². The van der Waals surface area contributed by atoms with Gasteiger partial charge in [0.05, 0.1) is 32.1 Å². The van der Waals surface area contributed by atoms with Crippen LogP contribution in [0.5, 0.6) is 0 Å². The normalized spacial score (nSPS) is 11.7. The topological polar surface area (TPSA) is 40.1 Å². The zero-order valence-corrected chi connectivity index (χ0v) is 17.3. The zero-order chi connectivity index (χ0) is 19.3. The van der Waals surface area contributed by atoms with Crippen LogP contribution in [0, 0.1) is 0 Å². The summed E-state index contributed by atoms with van der Waals surface area (Å²) in [6, 6.07) is 7.18. The highest BCUT2D eigenvalue weighted by molar-refractivity contribution is 5.85. The summed E-state index contributed by atoms with van der Waals surface area (Å²) in [7, 11) is 0. The summed E-state index contributed by atoms with van der Waals surface area (Å²) < 4.78 is 1.30. The highest BCUT2D eigenvalue weighted by Crippen LogP contribution is 2.17. The average molecular weight is 362 g/mol. The lowest BCUT2D eigenvalue weighted by Crippen LogP contribution is -2.50. The summed E-state index contributed by atoms with van der Waals surface area (Å²) in [6.07, 6.45) is 11.3. The smallest absolute Gasteiger partial charge is 0.0786 e. The minimum atomic E-state index is -1.10. The molecule has 0 fully saturated rings. The average Bonchev–Trinajstić information content (AvgIpc) is 2.66. The predicted octanol–water partition coefficient (Wildman–Crippen LogP) is 4.59. The second kappa shape index (κ2) is 12.9. The number of unbranched alkanes of at least 4 members (excludes halogenated alkanes) is 4. The predicted molar refractivity (Wildman–Crippen MR) is 108 cm³/mol. The zero-order valence-electron chi connectivity index (χ0n) is 17.3. The molecule has 0 aliphatic heterocycles. The Labute approximate surface area is 161 Å². The van der Waals surface area contributed by atoms with Crippen molar-refractivity contribution in [3.63, 3.8) is 0 Å². The Kier molecular flexibility index (Phi) is 11.3. The number of aromatic carboxylic acids is 1. The number of carbonyl (C=O) groups is 1. The number of aryl methyl sites for hydroxylation is 1. The van der Waals surface area contributed by atoms with Gasteiger partial charge < -0.3 is 14.4 Å². The Morgan fingerprint density at radius 1 is 0.769 bits per heavy atom. The fraction of sp³-hybridized carbons (Fsp3) is 0.696. The summed E-state index contributed by atoms with van der Waals surface area (Å²) in [5, 5.41) is 10.8. The molecular weight excluding hydrogens is 322 g/mol. The molecule has 0 aliphatic carbocycles. The molecular formula is C23H39NO2. The van der Waals surface area contributed by atoms with E-state index >= 15 is 0 Å². The van der Waals surface area contributed by atoms with Crippen LogP contribution in [0.2, 0.25) is 0 Å². The maximum atomic E-state index is 10.8. The molecule has 0 spiro atoms. The van der Waals surface area contributed by atoms with Crippen LogP contribution < -0.4 is 5.11 Å². The van der Waals surface area contributed by atoms with E-state index in [1.54, 1.807) is 12.1 Å². The van der Waals surface area contributed by atoms with Gasteiger partial charge in [0.1, 0.15) is 0 Å². The minimum Gasteiger partial charge on any atom is -0.545 e. The molecule has 1 aromatic carbocycles. The maximum absolute atomic E-state index is 10.8. The molecule has 148 valence electrons. The third kappa shape index (κ3) is 8.35. The van der Waals surface area contributed by atoms with Gasteiger partial charge in [0, 0.05) is 0 Å². The van der Waals surface area contributed by atoms with Crippen molar-refractivity contribution < 1.29 is 14.4 Å². The summed E-state index contributed by atoms with van der Waals surface area (Å²) in [5.74, 6) is -1.10. The van der Waals surface area contributed by atoms with Crippen molar-refractivity contribution in [1.29, 1.82) is 0 Å². The fourth-order valence-electron chi connectivity index (χ4n) is 3.74. The van der Waals surface area contributed by atoms with Crippen LogP contribution in [0.15, 0.2) is 24.3 Å². The first kappa shape index (κ1) is 22.7. The van der Waals surface area contributed by atoms with Crippen LogP contribution in [0.4, 0.5) is 0 Å². The lowest BCUT2D eigenvalue weighted by molar-refractivity contribution is -0.929. The number of benzene rings is 1. The van der Waals surface area contributed by atoms with E-state index in [9.17, 15) is 9.90 Å². The van der Waals surface area contributed by atoms with E-state index in [4.69, 9.17) is 0 Å². The first-order valence-electron chi connectivity index (χ1n) is 10.7. The highest BCUT2D eigenvalue weighted by atomic mass is 16.4. The molecule has 26 heavy (non-hydrogen) atoms. The van der Waals surface area contributed by atoms with Crippen molar-refractivity contribution in [2.75, 3.05) is 26.2 Å². The Morgan fingerprint density at radius 2 is 1.23 bits per heavy atom. The quantitative estimate of drug-likeness (QED) is 0.339. The van der Waals surface area contributed by atoms with E-state index in [1.165, 1.54) is 87.6 Å². The van der Waals surface area contributed by atoms with Gasteiger partial charge in [0.15, 0.2) is 0 Å². The Morgan fingerprint density at radius 3 is 1.65 bits per heavy atom. The maximum Gasteiger partial charge on any atom is 0.0786 e. The van der Waals surface area contributed by atoms with Gasteiger partial charge in [-0.25, -0.2) is 0 Å². The number of carboxylic acid groups (broad SMARTS) is 1. The molecule has 0 unspecified atom stereocenters. The summed E-state index contributed by atoms with van der Waals surface area (Å²) in [4.78, 5) is 10.8. The Hall–Kier alpha value is -1.35. The van der Waals surface area contributed by atoms with Gasteiger partial charge in [-0.3, -0.25) is 0 Å². The molecule has 0 saturated heterocycles. The molecule has 0 heterocycles. The summed E-state index contributed by atoms with van der Waals surface area (Å²) in [6.45, 7) is 12.2. The number of carbonyl (C=O) groups excluding carboxylic acids is 1. The third-order valence-electron chi connectivity index (χ3n) is 5.50. The molecule has 1 aromatic rings. The van der Waals surface area contributed by atoms with Crippen molar-refractivity contribution in [3.8, 4) is 0 Å². The van der Waals surface area contributed by atoms with E-state index in [2.05, 4.69) is 20.8 Å². The fourth-order valence-corrected chi connectivity index (χ4v) is 3.74. The lowest BCUT2D eigenvalue weighted by Gasteiger charge is -2.39. The number of hydrogen-bond donors (Lipinski definition) is 0. The van der Waals surface area contributed by atoms with Crippen LogP contribution in [-0.2, 0) is 6.42 Å². The van der Waals surface area contributed by atoms with Gasteiger partial charge in [-0.05, 0) is 49.7 Å². The second-order valence-electron chi connectivity index (χ2n) is 7.74. The van der Waals surface area contributed by atoms with E-state index in [0.717, 1.165) is 6.42 Å². The van der Waals surface area contributed by atoms with E-state index in [0.29, 0.717) is 0 Å². The summed E-state index contributed by atoms with van der Waals surface area (Å²) in [5.41, 5.74) is 1.49. The molecule has 0 aliphatic rings. The number of nitrogens with zero attached hydrogens (tertiary/aromatic N) is 1. The Bertz CT molecular complexity index is 474. The van der Waals surface area contributed by atoms with Crippen molar-refractivity contribution >= 4 is 5.97 Å². The first-order chi connectivity index (χ1) is 12.6. The number of rotatable bonds is 15. The molecule has 0 amide bonds. The van der Waals surface area contributed by atoms with Crippen molar-refractivity contribution in [2.45, 2.75) is 78.6 Å². The SMILES string of the molecule is CCCC[N+](CCCC)(CCCC)CCCCc1ccc(C(=O)[O-])cc1. The highest BCUT2D eigenvalue weighted by Gasteiger charge is 2.25. The molecule has 0 aromatic heterocycles. The van der Waals surface area contributed by atoms with Gasteiger partial charge in [-0.1, -0.05) is 64.3 Å². The number of carboxylic acids is 1. The summed E-state index contributed by atoms with van der Waals surface area (Å²) >= 11 is 0. The molecule has 0 atom stereocenters. The molecule has 0 N–H and O–H groups in total. The number of hydrogen-bond acceptors (Lipinski definition) is 2. The Balaban J connectivity index is 2.55. The molecule has 0 radical (unpaired) electrons. The molecule has 0 bridgehead atoms. The lowest BCUT2D eigenvalue weighted by atomic mass is 10.0. The van der Waals surface area contributed by atoms with Crippen LogP contribution in [0.1, 0.15) is 88.1 Å². The molecule has 3 heteroatoms. The van der Waals surface area contributed by atoms with Gasteiger partial charge in [-0.15, -0.1) is 0 Å². The van der Waals surface area contributed by atoms with E-state index < -0.39 is 5.97 Å². The third-order valence-corrected chi connectivity index (χ3v) is 5.50. The van der Waals surface area contributed by atoms with Crippen LogP contribution in [-0.4, -0.2) is 36.6 Å². The van der Waals surface area contributed by atoms with Gasteiger partial charge >= 0.3 is 0 Å². The van der Waals surface area contributed by atoms with Crippen molar-refractivity contribution in [1.82, 2.24) is 0 Å². The van der Waals surface area contributed by atoms with E-state index in [-0.39, 0.29) is 5.56 Å². The number of quaternary nitrogens is 1. The second-order valence-corrected chi connectivity index (χ2v) is 7.74. The molecule has 0 saturated carbocycles. The minimum absolute atomic E-state index is 0.267. The van der Waals surface area contributed by atoms with Crippen molar-refractivity contribution in [3.05, 3.63) is 35.4 Å². The first-order valence-corrected chi connectivity index (χ1v) is 10.7. The van der Waals surface area contributed by atoms with Crippen LogP contribution >= 0.6 is 0 Å². The van der Waals surface area contributed by atoms with Gasteiger partial charge in [-0.2, -0.15) is 0 Å². The van der Waals surface area contributed by atoms with Crippen molar-refractivity contribution in [2.24, 2.45) is 0 Å². The molecule has 3 nitrogen and oxygen atoms in total. The van der Waals surface area contributed by atoms with Gasteiger partial charge in [0.25, 0.3) is 0 Å². The molecule has 1 rings (SSSR count).